The molecule has 0 aliphatic carbocycles. The molecule has 4 nitrogen and oxygen atoms in total. The SMILES string of the molecule is COCCSc1cnn(C)c(=O)c1Br. The van der Waals surface area contributed by atoms with Gasteiger partial charge in [0.15, 0.2) is 0 Å². The highest BCUT2D eigenvalue weighted by atomic mass is 79.9. The topological polar surface area (TPSA) is 44.1 Å². The second kappa shape index (κ2) is 5.53. The van der Waals surface area contributed by atoms with Gasteiger partial charge in [-0.1, -0.05) is 0 Å². The third kappa shape index (κ3) is 2.83. The van der Waals surface area contributed by atoms with Gasteiger partial charge in [-0.05, 0) is 15.9 Å². The summed E-state index contributed by atoms with van der Waals surface area (Å²) in [4.78, 5) is 12.3. The van der Waals surface area contributed by atoms with Gasteiger partial charge < -0.3 is 4.74 Å². The zero-order valence-corrected chi connectivity index (χ0v) is 10.4. The van der Waals surface area contributed by atoms with Gasteiger partial charge >= 0.3 is 0 Å². The molecule has 1 rings (SSSR count). The maximum Gasteiger partial charge on any atom is 0.281 e. The second-order valence-corrected chi connectivity index (χ2v) is 4.52. The minimum atomic E-state index is -0.118. The minimum Gasteiger partial charge on any atom is -0.384 e. The molecule has 0 fully saturated rings. The molecule has 0 aliphatic rings. The van der Waals surface area contributed by atoms with Crippen LogP contribution < -0.4 is 5.56 Å². The van der Waals surface area contributed by atoms with Crippen molar-refractivity contribution in [1.29, 1.82) is 0 Å². The number of halogens is 1. The molecule has 0 atom stereocenters. The van der Waals surface area contributed by atoms with Crippen LogP contribution in [-0.4, -0.2) is 29.3 Å². The smallest absolute Gasteiger partial charge is 0.281 e. The van der Waals surface area contributed by atoms with E-state index in [1.807, 2.05) is 0 Å². The van der Waals surface area contributed by atoms with Crippen LogP contribution >= 0.6 is 27.7 Å². The number of ether oxygens (including phenoxy) is 1. The van der Waals surface area contributed by atoms with E-state index in [0.717, 1.165) is 10.6 Å². The fourth-order valence-electron chi connectivity index (χ4n) is 0.831. The molecule has 6 heteroatoms. The molecule has 0 amide bonds. The Morgan fingerprint density at radius 2 is 2.43 bits per heavy atom. The summed E-state index contributed by atoms with van der Waals surface area (Å²) in [6.07, 6.45) is 1.67. The van der Waals surface area contributed by atoms with E-state index >= 15 is 0 Å². The van der Waals surface area contributed by atoms with Gasteiger partial charge in [0, 0.05) is 24.8 Å². The number of aromatic nitrogens is 2. The number of thioether (sulfide) groups is 1. The monoisotopic (exact) mass is 278 g/mol. The van der Waals surface area contributed by atoms with Crippen molar-refractivity contribution in [2.75, 3.05) is 19.5 Å². The largest absolute Gasteiger partial charge is 0.384 e. The Balaban J connectivity index is 2.79. The van der Waals surface area contributed by atoms with Crippen LogP contribution in [0.4, 0.5) is 0 Å². The Bertz CT molecular complexity index is 367. The maximum absolute atomic E-state index is 11.4. The molecular weight excluding hydrogens is 268 g/mol. The lowest BCUT2D eigenvalue weighted by atomic mass is 10.6. The van der Waals surface area contributed by atoms with E-state index in [-0.39, 0.29) is 5.56 Å². The molecule has 0 aromatic carbocycles. The number of hydrogen-bond donors (Lipinski definition) is 0. The van der Waals surface area contributed by atoms with Crippen LogP contribution in [0.2, 0.25) is 0 Å². The number of rotatable bonds is 4. The van der Waals surface area contributed by atoms with E-state index in [2.05, 4.69) is 21.0 Å². The van der Waals surface area contributed by atoms with Crippen molar-refractivity contribution in [1.82, 2.24) is 9.78 Å². The van der Waals surface area contributed by atoms with E-state index in [1.165, 1.54) is 4.68 Å². The summed E-state index contributed by atoms with van der Waals surface area (Å²) < 4.78 is 6.78. The first-order valence-corrected chi connectivity index (χ1v) is 5.78. The van der Waals surface area contributed by atoms with E-state index in [0.29, 0.717) is 11.1 Å². The molecule has 1 aromatic heterocycles. The van der Waals surface area contributed by atoms with E-state index in [1.54, 1.807) is 32.1 Å². The molecule has 1 heterocycles. The molecule has 0 radical (unpaired) electrons. The first-order chi connectivity index (χ1) is 6.66. The second-order valence-electron chi connectivity index (χ2n) is 2.59. The van der Waals surface area contributed by atoms with Gasteiger partial charge in [-0.25, -0.2) is 4.68 Å². The Hall–Kier alpha value is -0.330. The lowest BCUT2D eigenvalue weighted by Gasteiger charge is -2.03. The van der Waals surface area contributed by atoms with E-state index in [9.17, 15) is 4.79 Å². The van der Waals surface area contributed by atoms with E-state index < -0.39 is 0 Å². The average Bonchev–Trinajstić information content (AvgIpc) is 2.18. The summed E-state index contributed by atoms with van der Waals surface area (Å²) in [6.45, 7) is 0.659. The number of nitrogens with zero attached hydrogens (tertiary/aromatic N) is 2. The zero-order chi connectivity index (χ0) is 10.6. The summed E-state index contributed by atoms with van der Waals surface area (Å²) in [5.74, 6) is 0.809. The van der Waals surface area contributed by atoms with Crippen LogP contribution in [0, 0.1) is 0 Å². The van der Waals surface area contributed by atoms with Crippen LogP contribution in [0.1, 0.15) is 0 Å². The van der Waals surface area contributed by atoms with Crippen LogP contribution in [0.15, 0.2) is 20.4 Å². The third-order valence-electron chi connectivity index (χ3n) is 1.59. The molecular formula is C8H11BrN2O2S. The summed E-state index contributed by atoms with van der Waals surface area (Å²) in [5, 5.41) is 3.93. The predicted octanol–water partition coefficient (Wildman–Crippen LogP) is 1.28. The van der Waals surface area contributed by atoms with Gasteiger partial charge in [0.2, 0.25) is 0 Å². The van der Waals surface area contributed by atoms with Gasteiger partial charge in [0.25, 0.3) is 5.56 Å². The Labute approximate surface area is 94.8 Å². The lowest BCUT2D eigenvalue weighted by Crippen LogP contribution is -2.20. The summed E-state index contributed by atoms with van der Waals surface area (Å²) in [5.41, 5.74) is -0.118. The van der Waals surface area contributed by atoms with Crippen LogP contribution in [0.5, 0.6) is 0 Å². The van der Waals surface area contributed by atoms with Crippen molar-refractivity contribution in [3.8, 4) is 0 Å². The highest BCUT2D eigenvalue weighted by molar-refractivity contribution is 9.10. The molecule has 0 saturated carbocycles. The third-order valence-corrected chi connectivity index (χ3v) is 3.61. The zero-order valence-electron chi connectivity index (χ0n) is 7.99. The molecule has 0 aliphatic heterocycles. The van der Waals surface area contributed by atoms with Crippen molar-refractivity contribution >= 4 is 27.7 Å². The number of aryl methyl sites for hydroxylation is 1. The van der Waals surface area contributed by atoms with Gasteiger partial charge in [-0.2, -0.15) is 5.10 Å². The van der Waals surface area contributed by atoms with Crippen LogP contribution in [0.3, 0.4) is 0 Å². The van der Waals surface area contributed by atoms with Crippen LogP contribution in [0.25, 0.3) is 0 Å². The fraction of sp³-hybridized carbons (Fsp3) is 0.500. The van der Waals surface area contributed by atoms with Crippen LogP contribution in [-0.2, 0) is 11.8 Å². The van der Waals surface area contributed by atoms with Crippen molar-refractivity contribution in [2.24, 2.45) is 7.05 Å². The maximum atomic E-state index is 11.4. The Kier molecular flexibility index (Phi) is 4.64. The average molecular weight is 279 g/mol. The molecule has 0 N–H and O–H groups in total. The number of methoxy groups -OCH3 is 1. The van der Waals surface area contributed by atoms with Gasteiger partial charge in [0.1, 0.15) is 0 Å². The predicted molar refractivity (Wildman–Crippen MR) is 59.8 cm³/mol. The normalized spacial score (nSPS) is 10.5. The summed E-state index contributed by atoms with van der Waals surface area (Å²) in [6, 6.07) is 0. The molecule has 0 spiro atoms. The lowest BCUT2D eigenvalue weighted by molar-refractivity contribution is 0.218. The van der Waals surface area contributed by atoms with Crippen molar-refractivity contribution < 1.29 is 4.74 Å². The molecule has 14 heavy (non-hydrogen) atoms. The molecule has 78 valence electrons. The quantitative estimate of drug-likeness (QED) is 0.615. The molecule has 1 aromatic rings. The van der Waals surface area contributed by atoms with Crippen molar-refractivity contribution in [3.63, 3.8) is 0 Å². The minimum absolute atomic E-state index is 0.118. The first-order valence-electron chi connectivity index (χ1n) is 4.00. The van der Waals surface area contributed by atoms with Gasteiger partial charge in [-0.15, -0.1) is 11.8 Å². The highest BCUT2D eigenvalue weighted by Gasteiger charge is 2.06. The Morgan fingerprint density at radius 1 is 1.71 bits per heavy atom. The summed E-state index contributed by atoms with van der Waals surface area (Å²) in [7, 11) is 3.27. The first kappa shape index (κ1) is 11.7. The van der Waals surface area contributed by atoms with Crippen molar-refractivity contribution in [2.45, 2.75) is 4.90 Å². The fourth-order valence-corrected chi connectivity index (χ4v) is 2.34. The molecule has 0 bridgehead atoms. The van der Waals surface area contributed by atoms with Gasteiger partial charge in [-0.3, -0.25) is 4.79 Å². The Morgan fingerprint density at radius 3 is 3.07 bits per heavy atom. The van der Waals surface area contributed by atoms with Gasteiger partial charge in [0.05, 0.1) is 17.3 Å². The molecule has 0 unspecified atom stereocenters. The number of hydrogen-bond acceptors (Lipinski definition) is 4. The highest BCUT2D eigenvalue weighted by Crippen LogP contribution is 2.22. The summed E-state index contributed by atoms with van der Waals surface area (Å²) >= 11 is 4.79. The van der Waals surface area contributed by atoms with E-state index in [4.69, 9.17) is 4.74 Å². The molecule has 0 saturated heterocycles. The van der Waals surface area contributed by atoms with Crippen molar-refractivity contribution in [3.05, 3.63) is 21.0 Å². The standard InChI is InChI=1S/C8H11BrN2O2S/c1-11-8(12)7(9)6(5-10-11)14-4-3-13-2/h5H,3-4H2,1-2H3.